The zero-order valence-corrected chi connectivity index (χ0v) is 16.2. The molecule has 8 nitrogen and oxygen atoms in total. The van der Waals surface area contributed by atoms with Crippen molar-refractivity contribution >= 4 is 31.6 Å². The summed E-state index contributed by atoms with van der Waals surface area (Å²) in [7, 11) is -7.13. The molecule has 26 heavy (non-hydrogen) atoms. The lowest BCUT2D eigenvalue weighted by Gasteiger charge is -2.34. The van der Waals surface area contributed by atoms with Gasteiger partial charge in [-0.15, -0.1) is 0 Å². The summed E-state index contributed by atoms with van der Waals surface area (Å²) < 4.78 is 52.8. The van der Waals surface area contributed by atoms with Gasteiger partial charge in [-0.05, 0) is 43.0 Å². The number of aryl methyl sites for hydroxylation is 1. The lowest BCUT2D eigenvalue weighted by atomic mass is 10.0. The number of rotatable bonds is 5. The summed E-state index contributed by atoms with van der Waals surface area (Å²) in [4.78, 5) is 11.6. The topological polar surface area (TPSA) is 113 Å². The predicted octanol–water partition coefficient (Wildman–Crippen LogP) is 0.664. The van der Waals surface area contributed by atoms with Crippen molar-refractivity contribution in [2.75, 3.05) is 24.7 Å². The monoisotopic (exact) mass is 401 g/mol. The molecule has 2 heterocycles. The number of nitrogens with one attached hydrogen (secondary N) is 2. The van der Waals surface area contributed by atoms with Crippen LogP contribution in [0.2, 0.25) is 0 Å². The summed E-state index contributed by atoms with van der Waals surface area (Å²) in [6.45, 7) is 0.436. The number of hydrogen-bond donors (Lipinski definition) is 2. The van der Waals surface area contributed by atoms with E-state index >= 15 is 0 Å². The third kappa shape index (κ3) is 4.25. The van der Waals surface area contributed by atoms with Crippen LogP contribution in [-0.4, -0.2) is 52.4 Å². The maximum atomic E-state index is 13.1. The van der Waals surface area contributed by atoms with Crippen LogP contribution < -0.4 is 10.0 Å². The number of carbonyl (C=O) groups is 1. The van der Waals surface area contributed by atoms with E-state index in [1.807, 2.05) is 0 Å². The lowest BCUT2D eigenvalue weighted by Crippen LogP contribution is -2.49. The number of sulfonamides is 2. The molecular weight excluding hydrogens is 378 g/mol. The molecular formula is C16H23N3O5S2. The summed E-state index contributed by atoms with van der Waals surface area (Å²) >= 11 is 0. The van der Waals surface area contributed by atoms with Crippen molar-refractivity contribution in [1.29, 1.82) is 0 Å². The highest BCUT2D eigenvalue weighted by Crippen LogP contribution is 2.29. The second-order valence-corrected chi connectivity index (χ2v) is 10.5. The molecule has 2 aliphatic rings. The van der Waals surface area contributed by atoms with E-state index in [-0.39, 0.29) is 17.3 Å². The van der Waals surface area contributed by atoms with Crippen LogP contribution in [0.1, 0.15) is 31.2 Å². The van der Waals surface area contributed by atoms with Crippen LogP contribution in [0.5, 0.6) is 0 Å². The molecule has 2 aliphatic heterocycles. The van der Waals surface area contributed by atoms with E-state index < -0.39 is 26.1 Å². The molecule has 144 valence electrons. The van der Waals surface area contributed by atoms with Gasteiger partial charge in [0.15, 0.2) is 0 Å². The van der Waals surface area contributed by atoms with Crippen molar-refractivity contribution in [2.45, 2.75) is 43.0 Å². The van der Waals surface area contributed by atoms with Gasteiger partial charge in [0, 0.05) is 31.2 Å². The molecule has 0 spiro atoms. The first-order valence-corrected chi connectivity index (χ1v) is 11.9. The minimum absolute atomic E-state index is 0.0685. The Labute approximate surface area is 154 Å². The standard InChI is InChI=1S/C16H23N3O5S2/c1-25(21,22)17-11-13-4-2-3-9-19(13)26(23,24)14-6-7-15-12(10-14)5-8-16(20)18-15/h6-7,10,13,17H,2-5,8-9,11H2,1H3,(H,18,20). The fraction of sp³-hybridized carbons (Fsp3) is 0.562. The number of piperidine rings is 1. The van der Waals surface area contributed by atoms with Crippen LogP contribution >= 0.6 is 0 Å². The molecule has 1 aromatic carbocycles. The highest BCUT2D eigenvalue weighted by Gasteiger charge is 2.34. The second-order valence-electron chi connectivity index (χ2n) is 6.75. The molecule has 0 aliphatic carbocycles. The zero-order chi connectivity index (χ0) is 18.9. The number of anilines is 1. The van der Waals surface area contributed by atoms with Gasteiger partial charge in [0.2, 0.25) is 26.0 Å². The Morgan fingerprint density at radius 3 is 2.69 bits per heavy atom. The van der Waals surface area contributed by atoms with Crippen LogP contribution in [0.3, 0.4) is 0 Å². The van der Waals surface area contributed by atoms with Crippen molar-refractivity contribution in [3.63, 3.8) is 0 Å². The van der Waals surface area contributed by atoms with E-state index in [2.05, 4.69) is 10.0 Å². The fourth-order valence-electron chi connectivity index (χ4n) is 3.40. The molecule has 1 atom stereocenters. The van der Waals surface area contributed by atoms with Crippen LogP contribution in [0, 0.1) is 0 Å². The van der Waals surface area contributed by atoms with Gasteiger partial charge < -0.3 is 5.32 Å². The first kappa shape index (κ1) is 19.3. The molecule has 1 saturated heterocycles. The van der Waals surface area contributed by atoms with Gasteiger partial charge in [-0.2, -0.15) is 4.31 Å². The maximum Gasteiger partial charge on any atom is 0.243 e. The molecule has 0 aromatic heterocycles. The Bertz CT molecular complexity index is 912. The molecule has 3 rings (SSSR count). The largest absolute Gasteiger partial charge is 0.326 e. The molecule has 0 radical (unpaired) electrons. The fourth-order valence-corrected chi connectivity index (χ4v) is 5.64. The van der Waals surface area contributed by atoms with Crippen molar-refractivity contribution in [3.05, 3.63) is 23.8 Å². The summed E-state index contributed by atoms with van der Waals surface area (Å²) in [6, 6.07) is 4.32. The lowest BCUT2D eigenvalue weighted by molar-refractivity contribution is -0.116. The maximum absolute atomic E-state index is 13.1. The molecule has 0 saturated carbocycles. The Morgan fingerprint density at radius 1 is 1.19 bits per heavy atom. The minimum Gasteiger partial charge on any atom is -0.326 e. The van der Waals surface area contributed by atoms with Gasteiger partial charge in [-0.25, -0.2) is 21.6 Å². The zero-order valence-electron chi connectivity index (χ0n) is 14.6. The van der Waals surface area contributed by atoms with Crippen molar-refractivity contribution in [3.8, 4) is 0 Å². The quantitative estimate of drug-likeness (QED) is 0.753. The Morgan fingerprint density at radius 2 is 1.96 bits per heavy atom. The Balaban J connectivity index is 1.86. The van der Waals surface area contributed by atoms with Crippen molar-refractivity contribution < 1.29 is 21.6 Å². The van der Waals surface area contributed by atoms with E-state index in [9.17, 15) is 21.6 Å². The summed E-state index contributed by atoms with van der Waals surface area (Å²) in [5, 5.41) is 2.74. The summed E-state index contributed by atoms with van der Waals surface area (Å²) in [5.41, 5.74) is 1.45. The van der Waals surface area contributed by atoms with Gasteiger partial charge in [-0.1, -0.05) is 6.42 Å². The Hall–Kier alpha value is -1.49. The van der Waals surface area contributed by atoms with E-state index in [4.69, 9.17) is 0 Å². The first-order valence-electron chi connectivity index (χ1n) is 8.56. The van der Waals surface area contributed by atoms with Crippen LogP contribution in [0.15, 0.2) is 23.1 Å². The van der Waals surface area contributed by atoms with Gasteiger partial charge in [0.05, 0.1) is 11.2 Å². The van der Waals surface area contributed by atoms with Crippen LogP contribution in [0.4, 0.5) is 5.69 Å². The SMILES string of the molecule is CS(=O)(=O)NCC1CCCCN1S(=O)(=O)c1ccc2c(c1)CCC(=O)N2. The van der Waals surface area contributed by atoms with Crippen molar-refractivity contribution in [1.82, 2.24) is 9.03 Å². The molecule has 1 unspecified atom stereocenters. The van der Waals surface area contributed by atoms with E-state index in [0.29, 0.717) is 31.5 Å². The number of nitrogens with zero attached hydrogens (tertiary/aromatic N) is 1. The predicted molar refractivity (Wildman–Crippen MR) is 97.8 cm³/mol. The number of hydrogen-bond acceptors (Lipinski definition) is 5. The van der Waals surface area contributed by atoms with Crippen LogP contribution in [0.25, 0.3) is 0 Å². The highest BCUT2D eigenvalue weighted by molar-refractivity contribution is 7.89. The van der Waals surface area contributed by atoms with E-state index in [0.717, 1.165) is 24.7 Å². The average Bonchev–Trinajstić information content (AvgIpc) is 2.59. The summed E-state index contributed by atoms with van der Waals surface area (Å²) in [6.07, 6.45) is 4.12. The van der Waals surface area contributed by atoms with E-state index in [1.54, 1.807) is 12.1 Å². The minimum atomic E-state index is -3.74. The van der Waals surface area contributed by atoms with Crippen LogP contribution in [-0.2, 0) is 31.3 Å². The molecule has 1 amide bonds. The second kappa shape index (κ2) is 7.26. The molecule has 0 bridgehead atoms. The molecule has 10 heteroatoms. The highest BCUT2D eigenvalue weighted by atomic mass is 32.2. The molecule has 1 fully saturated rings. The Kier molecular flexibility index (Phi) is 5.38. The third-order valence-corrected chi connectivity index (χ3v) is 7.37. The smallest absolute Gasteiger partial charge is 0.243 e. The van der Waals surface area contributed by atoms with Crippen molar-refractivity contribution in [2.24, 2.45) is 0 Å². The summed E-state index contributed by atoms with van der Waals surface area (Å²) in [5.74, 6) is -0.0731. The number of fused-ring (bicyclic) bond motifs is 1. The van der Waals surface area contributed by atoms with Gasteiger partial charge >= 0.3 is 0 Å². The normalized spacial score (nSPS) is 21.9. The number of benzene rings is 1. The average molecular weight is 402 g/mol. The van der Waals surface area contributed by atoms with E-state index in [1.165, 1.54) is 10.4 Å². The third-order valence-electron chi connectivity index (χ3n) is 4.73. The number of carbonyl (C=O) groups excluding carboxylic acids is 1. The molecule has 2 N–H and O–H groups in total. The van der Waals surface area contributed by atoms with Gasteiger partial charge in [0.25, 0.3) is 0 Å². The number of amides is 1. The molecule has 1 aromatic rings. The first-order chi connectivity index (χ1) is 12.2. The van der Waals surface area contributed by atoms with Gasteiger partial charge in [-0.3, -0.25) is 4.79 Å². The van der Waals surface area contributed by atoms with Gasteiger partial charge in [0.1, 0.15) is 0 Å².